The molecule has 1 atom stereocenters. The van der Waals surface area contributed by atoms with Crippen LogP contribution in [0.25, 0.3) is 0 Å². The normalized spacial score (nSPS) is 16.7. The predicted molar refractivity (Wildman–Crippen MR) is 135 cm³/mol. The zero-order valence-corrected chi connectivity index (χ0v) is 20.8. The van der Waals surface area contributed by atoms with Crippen LogP contribution < -0.4 is 14.8 Å². The molecule has 34 heavy (non-hydrogen) atoms. The summed E-state index contributed by atoms with van der Waals surface area (Å²) in [4.78, 5) is 32.4. The van der Waals surface area contributed by atoms with Crippen LogP contribution in [0.1, 0.15) is 25.3 Å². The number of carbonyl (C=O) groups is 2. The van der Waals surface area contributed by atoms with Crippen LogP contribution in [0.3, 0.4) is 0 Å². The Balaban J connectivity index is 1.73. The summed E-state index contributed by atoms with van der Waals surface area (Å²) in [5.41, 5.74) is 2.40. The van der Waals surface area contributed by atoms with Crippen molar-refractivity contribution in [2.24, 2.45) is 4.99 Å². The summed E-state index contributed by atoms with van der Waals surface area (Å²) in [5, 5.41) is 2.91. The van der Waals surface area contributed by atoms with E-state index in [-0.39, 0.29) is 18.2 Å². The van der Waals surface area contributed by atoms with Gasteiger partial charge in [0.2, 0.25) is 11.8 Å². The fourth-order valence-electron chi connectivity index (χ4n) is 3.49. The molecular weight excluding hydrogens is 454 g/mol. The molecule has 0 aromatic heterocycles. The van der Waals surface area contributed by atoms with Crippen molar-refractivity contribution in [3.05, 3.63) is 48.0 Å². The maximum absolute atomic E-state index is 13.2. The molecule has 1 saturated heterocycles. The summed E-state index contributed by atoms with van der Waals surface area (Å²) in [6, 6.07) is 12.9. The average molecular weight is 486 g/mol. The number of amides is 2. The number of carbonyl (C=O) groups excluding carboxylic acids is 2. The first-order chi connectivity index (χ1) is 16.5. The third-order valence-electron chi connectivity index (χ3n) is 5.26. The van der Waals surface area contributed by atoms with Crippen molar-refractivity contribution < 1.29 is 23.8 Å². The number of rotatable bonds is 11. The molecule has 9 heteroatoms. The van der Waals surface area contributed by atoms with Crippen molar-refractivity contribution in [1.82, 2.24) is 4.90 Å². The highest BCUT2D eigenvalue weighted by molar-refractivity contribution is 8.15. The van der Waals surface area contributed by atoms with Gasteiger partial charge in [-0.2, -0.15) is 0 Å². The number of ether oxygens (including phenoxy) is 3. The first-order valence-corrected chi connectivity index (χ1v) is 12.1. The molecule has 0 saturated carbocycles. The van der Waals surface area contributed by atoms with Gasteiger partial charge in [0.15, 0.2) is 16.7 Å². The fraction of sp³-hybridized carbons (Fsp3) is 0.400. The monoisotopic (exact) mass is 485 g/mol. The molecule has 0 bridgehead atoms. The van der Waals surface area contributed by atoms with E-state index in [2.05, 4.69) is 5.32 Å². The number of benzene rings is 2. The second-order valence-electron chi connectivity index (χ2n) is 7.65. The highest BCUT2D eigenvalue weighted by Crippen LogP contribution is 2.33. The number of para-hydroxylation sites is 1. The summed E-state index contributed by atoms with van der Waals surface area (Å²) in [6.07, 6.45) is 0.726. The van der Waals surface area contributed by atoms with Crippen LogP contribution in [-0.4, -0.2) is 61.1 Å². The van der Waals surface area contributed by atoms with E-state index < -0.39 is 5.25 Å². The van der Waals surface area contributed by atoms with Gasteiger partial charge in [-0.3, -0.25) is 14.5 Å². The molecule has 0 radical (unpaired) electrons. The molecule has 182 valence electrons. The van der Waals surface area contributed by atoms with Gasteiger partial charge < -0.3 is 19.5 Å². The summed E-state index contributed by atoms with van der Waals surface area (Å²) in [6.45, 7) is 5.60. The molecule has 2 aromatic carbocycles. The second-order valence-corrected chi connectivity index (χ2v) is 8.82. The standard InChI is InChI=1S/C25H31N3O5S/c1-5-33-14-8-13-28-24(30)22(34-25(28)27-19-10-7-6-9-17(19)2)16-23(29)26-18-11-12-20(31-3)21(15-18)32-4/h6-7,9-12,15,22H,5,8,13-14,16H2,1-4H3,(H,26,29). The molecule has 3 rings (SSSR count). The van der Waals surface area contributed by atoms with Crippen molar-refractivity contribution in [3.63, 3.8) is 0 Å². The molecule has 0 aliphatic carbocycles. The van der Waals surface area contributed by atoms with Gasteiger partial charge in [-0.15, -0.1) is 0 Å². The van der Waals surface area contributed by atoms with E-state index in [0.717, 1.165) is 11.3 Å². The number of aliphatic imine (C=N–C) groups is 1. The number of hydrogen-bond donors (Lipinski definition) is 1. The smallest absolute Gasteiger partial charge is 0.242 e. The molecule has 1 heterocycles. The van der Waals surface area contributed by atoms with Gasteiger partial charge >= 0.3 is 0 Å². The average Bonchev–Trinajstić information content (AvgIpc) is 3.11. The lowest BCUT2D eigenvalue weighted by Gasteiger charge is -2.16. The third kappa shape index (κ3) is 6.51. The van der Waals surface area contributed by atoms with Crippen molar-refractivity contribution in [2.75, 3.05) is 39.3 Å². The largest absolute Gasteiger partial charge is 0.493 e. The van der Waals surface area contributed by atoms with E-state index in [9.17, 15) is 9.59 Å². The highest BCUT2D eigenvalue weighted by atomic mass is 32.2. The van der Waals surface area contributed by atoms with E-state index in [1.807, 2.05) is 38.1 Å². The molecule has 1 fully saturated rings. The van der Waals surface area contributed by atoms with Crippen molar-refractivity contribution in [2.45, 2.75) is 31.9 Å². The van der Waals surface area contributed by atoms with E-state index in [1.54, 1.807) is 30.2 Å². The molecule has 8 nitrogen and oxygen atoms in total. The molecular formula is C25H31N3O5S. The van der Waals surface area contributed by atoms with Gasteiger partial charge in [-0.05, 0) is 44.0 Å². The minimum atomic E-state index is -0.546. The number of methoxy groups -OCH3 is 2. The van der Waals surface area contributed by atoms with E-state index >= 15 is 0 Å². The van der Waals surface area contributed by atoms with Crippen molar-refractivity contribution in [3.8, 4) is 11.5 Å². The quantitative estimate of drug-likeness (QED) is 0.475. The van der Waals surface area contributed by atoms with E-state index in [4.69, 9.17) is 19.2 Å². The number of amidine groups is 1. The van der Waals surface area contributed by atoms with E-state index in [1.165, 1.54) is 18.9 Å². The summed E-state index contributed by atoms with van der Waals surface area (Å²) in [7, 11) is 3.09. The molecule has 2 amide bonds. The third-order valence-corrected chi connectivity index (χ3v) is 6.44. The SMILES string of the molecule is CCOCCCN1C(=O)C(CC(=O)Nc2ccc(OC)c(OC)c2)SC1=Nc1ccccc1C. The van der Waals surface area contributed by atoms with Crippen LogP contribution >= 0.6 is 11.8 Å². The van der Waals surface area contributed by atoms with Crippen LogP contribution in [0.4, 0.5) is 11.4 Å². The lowest BCUT2D eigenvalue weighted by molar-refractivity contribution is -0.128. The number of anilines is 1. The van der Waals surface area contributed by atoms with Gasteiger partial charge in [0.1, 0.15) is 5.25 Å². The van der Waals surface area contributed by atoms with Crippen molar-refractivity contribution in [1.29, 1.82) is 0 Å². The number of nitrogens with one attached hydrogen (secondary N) is 1. The minimum absolute atomic E-state index is 0.0343. The lowest BCUT2D eigenvalue weighted by atomic mass is 10.2. The van der Waals surface area contributed by atoms with Crippen LogP contribution in [0.5, 0.6) is 11.5 Å². The first-order valence-electron chi connectivity index (χ1n) is 11.2. The molecule has 1 N–H and O–H groups in total. The molecule has 1 aliphatic heterocycles. The van der Waals surface area contributed by atoms with Crippen LogP contribution in [0, 0.1) is 6.92 Å². The number of aryl methyl sites for hydroxylation is 1. The Morgan fingerprint density at radius 1 is 1.15 bits per heavy atom. The van der Waals surface area contributed by atoms with Gasteiger partial charge in [0.05, 0.1) is 19.9 Å². The van der Waals surface area contributed by atoms with E-state index in [0.29, 0.717) is 48.5 Å². The minimum Gasteiger partial charge on any atom is -0.493 e. The van der Waals surface area contributed by atoms with Gasteiger partial charge in [0.25, 0.3) is 0 Å². The zero-order valence-electron chi connectivity index (χ0n) is 20.0. The first kappa shape index (κ1) is 25.6. The highest BCUT2D eigenvalue weighted by Gasteiger charge is 2.39. The number of hydrogen-bond acceptors (Lipinski definition) is 7. The Kier molecular flexibility index (Phi) is 9.35. The topological polar surface area (TPSA) is 89.5 Å². The van der Waals surface area contributed by atoms with Gasteiger partial charge in [-0.1, -0.05) is 30.0 Å². The Morgan fingerprint density at radius 3 is 2.62 bits per heavy atom. The van der Waals surface area contributed by atoms with Crippen LogP contribution in [-0.2, 0) is 14.3 Å². The van der Waals surface area contributed by atoms with Crippen molar-refractivity contribution >= 4 is 40.1 Å². The van der Waals surface area contributed by atoms with Gasteiger partial charge in [-0.25, -0.2) is 4.99 Å². The summed E-state index contributed by atoms with van der Waals surface area (Å²) < 4.78 is 16.0. The summed E-state index contributed by atoms with van der Waals surface area (Å²) in [5.74, 6) is 0.710. The Morgan fingerprint density at radius 2 is 1.91 bits per heavy atom. The Bertz CT molecular complexity index is 1040. The molecule has 0 spiro atoms. The fourth-order valence-corrected chi connectivity index (χ4v) is 4.66. The maximum Gasteiger partial charge on any atom is 0.242 e. The molecule has 1 aliphatic rings. The lowest BCUT2D eigenvalue weighted by Crippen LogP contribution is -2.34. The molecule has 1 unspecified atom stereocenters. The number of nitrogens with zero attached hydrogens (tertiary/aromatic N) is 2. The molecule has 2 aromatic rings. The Hall–Kier alpha value is -3.04. The zero-order chi connectivity index (χ0) is 24.5. The van der Waals surface area contributed by atoms with Crippen LogP contribution in [0.15, 0.2) is 47.5 Å². The Labute approximate surface area is 204 Å². The number of thioether (sulfide) groups is 1. The van der Waals surface area contributed by atoms with Gasteiger partial charge in [0, 0.05) is 37.9 Å². The maximum atomic E-state index is 13.2. The predicted octanol–water partition coefficient (Wildman–Crippen LogP) is 4.40. The second kappa shape index (κ2) is 12.4. The summed E-state index contributed by atoms with van der Waals surface area (Å²) >= 11 is 1.33. The van der Waals surface area contributed by atoms with Crippen LogP contribution in [0.2, 0.25) is 0 Å².